The van der Waals surface area contributed by atoms with Crippen molar-refractivity contribution in [3.63, 3.8) is 0 Å². The Hall–Kier alpha value is -2.35. The summed E-state index contributed by atoms with van der Waals surface area (Å²) in [5.41, 5.74) is 3.65. The van der Waals surface area contributed by atoms with E-state index in [2.05, 4.69) is 28.4 Å². The first-order chi connectivity index (χ1) is 11.6. The monoisotopic (exact) mass is 339 g/mol. The predicted octanol–water partition coefficient (Wildman–Crippen LogP) is 3.60. The molecule has 24 heavy (non-hydrogen) atoms. The third-order valence-corrected chi connectivity index (χ3v) is 4.76. The maximum Gasteiger partial charge on any atom is 0.241 e. The van der Waals surface area contributed by atoms with Gasteiger partial charge in [-0.15, -0.1) is 0 Å². The molecule has 1 aliphatic rings. The van der Waals surface area contributed by atoms with Crippen LogP contribution >= 0.6 is 11.6 Å². The highest BCUT2D eigenvalue weighted by Crippen LogP contribution is 2.23. The first-order valence-electron chi connectivity index (χ1n) is 7.90. The van der Waals surface area contributed by atoms with Crippen LogP contribution in [0.4, 0.5) is 5.69 Å². The molecule has 4 nitrogen and oxygen atoms in total. The van der Waals surface area contributed by atoms with Crippen molar-refractivity contribution in [3.05, 3.63) is 64.2 Å². The topological polar surface area (TPSA) is 56.1 Å². The number of anilines is 1. The summed E-state index contributed by atoms with van der Waals surface area (Å²) in [5, 5.41) is 12.1. The van der Waals surface area contributed by atoms with Gasteiger partial charge in [0.1, 0.15) is 6.07 Å². The number of benzene rings is 2. The fourth-order valence-electron chi connectivity index (χ4n) is 2.94. The quantitative estimate of drug-likeness (QED) is 0.929. The lowest BCUT2D eigenvalue weighted by atomic mass is 9.99. The molecule has 0 fully saturated rings. The molecule has 1 aliphatic heterocycles. The Morgan fingerprint density at radius 1 is 1.29 bits per heavy atom. The highest BCUT2D eigenvalue weighted by Gasteiger charge is 2.25. The molecule has 122 valence electrons. The van der Waals surface area contributed by atoms with Gasteiger partial charge in [0, 0.05) is 18.8 Å². The molecule has 0 bridgehead atoms. The van der Waals surface area contributed by atoms with E-state index in [1.165, 1.54) is 11.1 Å². The fraction of sp³-hybridized carbons (Fsp3) is 0.263. The van der Waals surface area contributed by atoms with E-state index < -0.39 is 0 Å². The van der Waals surface area contributed by atoms with Crippen LogP contribution in [0.5, 0.6) is 0 Å². The predicted molar refractivity (Wildman–Crippen MR) is 94.8 cm³/mol. The number of carbonyl (C=O) groups is 1. The zero-order chi connectivity index (χ0) is 17.1. The van der Waals surface area contributed by atoms with Crippen LogP contribution < -0.4 is 5.32 Å². The van der Waals surface area contributed by atoms with Crippen LogP contribution in [0.3, 0.4) is 0 Å². The second-order valence-corrected chi connectivity index (χ2v) is 6.37. The van der Waals surface area contributed by atoms with E-state index in [0.29, 0.717) is 16.3 Å². The largest absolute Gasteiger partial charge is 0.325 e. The number of hydrogen-bond acceptors (Lipinski definition) is 3. The molecule has 1 amide bonds. The summed E-state index contributed by atoms with van der Waals surface area (Å²) < 4.78 is 0. The van der Waals surface area contributed by atoms with E-state index in [0.717, 1.165) is 19.5 Å². The number of halogens is 1. The zero-order valence-corrected chi connectivity index (χ0v) is 14.2. The smallest absolute Gasteiger partial charge is 0.241 e. The van der Waals surface area contributed by atoms with Gasteiger partial charge < -0.3 is 5.32 Å². The molecule has 1 N–H and O–H groups in total. The number of nitrogens with zero attached hydrogens (tertiary/aromatic N) is 2. The third-order valence-electron chi connectivity index (χ3n) is 4.44. The Morgan fingerprint density at radius 3 is 2.75 bits per heavy atom. The number of carbonyl (C=O) groups excluding carboxylic acids is 1. The highest BCUT2D eigenvalue weighted by molar-refractivity contribution is 6.32. The first kappa shape index (κ1) is 16.5. The Bertz CT molecular complexity index is 812. The maximum atomic E-state index is 12.5. The van der Waals surface area contributed by atoms with Gasteiger partial charge in [0.2, 0.25) is 5.91 Å². The fourth-order valence-corrected chi connectivity index (χ4v) is 3.17. The normalized spacial score (nSPS) is 15.2. The van der Waals surface area contributed by atoms with E-state index in [9.17, 15) is 4.79 Å². The summed E-state index contributed by atoms with van der Waals surface area (Å²) in [5.74, 6) is -0.0739. The number of nitriles is 1. The second-order valence-electron chi connectivity index (χ2n) is 5.96. The standard InChI is InChI=1S/C19H18ClN3O/c1-13(23-9-8-14-4-2-3-5-16(14)12-23)19(24)22-17-7-6-15(11-21)18(20)10-17/h2-7,10,13H,8-9,12H2,1H3,(H,22,24)/t13-/m1/s1. The molecule has 2 aromatic carbocycles. The van der Waals surface area contributed by atoms with Gasteiger partial charge in [-0.2, -0.15) is 5.26 Å². The number of amides is 1. The minimum Gasteiger partial charge on any atom is -0.325 e. The van der Waals surface area contributed by atoms with Gasteiger partial charge in [0.15, 0.2) is 0 Å². The summed E-state index contributed by atoms with van der Waals surface area (Å²) in [6, 6.07) is 15.0. The molecule has 1 heterocycles. The minimum atomic E-state index is -0.243. The molecule has 0 radical (unpaired) electrons. The van der Waals surface area contributed by atoms with Crippen LogP contribution in [0.25, 0.3) is 0 Å². The van der Waals surface area contributed by atoms with Crippen LogP contribution in [-0.2, 0) is 17.8 Å². The van der Waals surface area contributed by atoms with Crippen molar-refractivity contribution in [1.29, 1.82) is 5.26 Å². The number of nitrogens with one attached hydrogen (secondary N) is 1. The van der Waals surface area contributed by atoms with Crippen molar-refractivity contribution in [2.75, 3.05) is 11.9 Å². The summed E-state index contributed by atoms with van der Waals surface area (Å²) >= 11 is 6.01. The van der Waals surface area contributed by atoms with E-state index in [1.54, 1.807) is 18.2 Å². The molecule has 3 rings (SSSR count). The molecule has 0 saturated carbocycles. The molecule has 0 aliphatic carbocycles. The lowest BCUT2D eigenvalue weighted by Crippen LogP contribution is -2.44. The minimum absolute atomic E-state index is 0.0739. The van der Waals surface area contributed by atoms with Gasteiger partial charge in [-0.25, -0.2) is 0 Å². The molecule has 0 saturated heterocycles. The number of hydrogen-bond donors (Lipinski definition) is 1. The molecule has 0 aromatic heterocycles. The molecule has 0 unspecified atom stereocenters. The van der Waals surface area contributed by atoms with E-state index in [-0.39, 0.29) is 11.9 Å². The van der Waals surface area contributed by atoms with Gasteiger partial charge in [0.25, 0.3) is 0 Å². The van der Waals surface area contributed by atoms with Crippen molar-refractivity contribution in [2.24, 2.45) is 0 Å². The van der Waals surface area contributed by atoms with Crippen molar-refractivity contribution in [1.82, 2.24) is 4.90 Å². The number of fused-ring (bicyclic) bond motifs is 1. The highest BCUT2D eigenvalue weighted by atomic mass is 35.5. The average molecular weight is 340 g/mol. The average Bonchev–Trinajstić information content (AvgIpc) is 2.60. The Labute approximate surface area is 146 Å². The summed E-state index contributed by atoms with van der Waals surface area (Å²) in [6.07, 6.45) is 0.955. The van der Waals surface area contributed by atoms with Crippen LogP contribution in [0.15, 0.2) is 42.5 Å². The Kier molecular flexibility index (Phi) is 4.84. The van der Waals surface area contributed by atoms with Crippen LogP contribution in [0, 0.1) is 11.3 Å². The van der Waals surface area contributed by atoms with Gasteiger partial charge in [-0.05, 0) is 42.7 Å². The van der Waals surface area contributed by atoms with Crippen molar-refractivity contribution in [2.45, 2.75) is 25.9 Å². The maximum absolute atomic E-state index is 12.5. The van der Waals surface area contributed by atoms with E-state index >= 15 is 0 Å². The van der Waals surface area contributed by atoms with E-state index in [4.69, 9.17) is 16.9 Å². The molecule has 5 heteroatoms. The lowest BCUT2D eigenvalue weighted by Gasteiger charge is -2.32. The summed E-state index contributed by atoms with van der Waals surface area (Å²) in [6.45, 7) is 3.55. The van der Waals surface area contributed by atoms with E-state index in [1.807, 2.05) is 19.1 Å². The van der Waals surface area contributed by atoms with Gasteiger partial charge in [0.05, 0.1) is 16.6 Å². The van der Waals surface area contributed by atoms with Crippen molar-refractivity contribution >= 4 is 23.2 Å². The van der Waals surface area contributed by atoms with Crippen LogP contribution in [0.2, 0.25) is 5.02 Å². The Balaban J connectivity index is 1.67. The molecule has 2 aromatic rings. The first-order valence-corrected chi connectivity index (χ1v) is 8.27. The van der Waals surface area contributed by atoms with Crippen molar-refractivity contribution in [3.8, 4) is 6.07 Å². The van der Waals surface area contributed by atoms with Gasteiger partial charge in [-0.3, -0.25) is 9.69 Å². The lowest BCUT2D eigenvalue weighted by molar-refractivity contribution is -0.121. The molecule has 1 atom stereocenters. The second kappa shape index (κ2) is 7.04. The third kappa shape index (κ3) is 3.43. The molecule has 0 spiro atoms. The summed E-state index contributed by atoms with van der Waals surface area (Å²) in [7, 11) is 0. The summed E-state index contributed by atoms with van der Waals surface area (Å²) in [4.78, 5) is 14.7. The Morgan fingerprint density at radius 2 is 2.04 bits per heavy atom. The van der Waals surface area contributed by atoms with Crippen molar-refractivity contribution < 1.29 is 4.79 Å². The van der Waals surface area contributed by atoms with Crippen LogP contribution in [-0.4, -0.2) is 23.4 Å². The zero-order valence-electron chi connectivity index (χ0n) is 13.4. The van der Waals surface area contributed by atoms with Gasteiger partial charge >= 0.3 is 0 Å². The number of rotatable bonds is 3. The van der Waals surface area contributed by atoms with Crippen LogP contribution in [0.1, 0.15) is 23.6 Å². The molecular weight excluding hydrogens is 322 g/mol. The SMILES string of the molecule is C[C@H](C(=O)Nc1ccc(C#N)c(Cl)c1)N1CCc2ccccc2C1. The van der Waals surface area contributed by atoms with Gasteiger partial charge in [-0.1, -0.05) is 35.9 Å². The molecular formula is C19H18ClN3O.